The number of benzene rings is 3. The summed E-state index contributed by atoms with van der Waals surface area (Å²) in [6.45, 7) is 3.55. The van der Waals surface area contributed by atoms with Gasteiger partial charge in [-0.05, 0) is 25.5 Å². The summed E-state index contributed by atoms with van der Waals surface area (Å²) in [6.07, 6.45) is 0. The lowest BCUT2D eigenvalue weighted by Crippen LogP contribution is -2.14. The van der Waals surface area contributed by atoms with Crippen molar-refractivity contribution in [2.24, 2.45) is 0 Å². The van der Waals surface area contributed by atoms with Crippen molar-refractivity contribution < 1.29 is 28.5 Å². The van der Waals surface area contributed by atoms with Crippen LogP contribution in [-0.2, 0) is 19.1 Å². The second kappa shape index (κ2) is 8.17. The second-order valence-corrected chi connectivity index (χ2v) is 6.44. The van der Waals surface area contributed by atoms with Gasteiger partial charge in [-0.15, -0.1) is 0 Å². The number of hydrogen-bond acceptors (Lipinski definition) is 6. The molecule has 0 bridgehead atoms. The highest BCUT2D eigenvalue weighted by molar-refractivity contribution is 6.12. The highest BCUT2D eigenvalue weighted by Crippen LogP contribution is 2.44. The van der Waals surface area contributed by atoms with Gasteiger partial charge in [0.1, 0.15) is 11.5 Å². The van der Waals surface area contributed by atoms with Crippen molar-refractivity contribution in [3.8, 4) is 11.5 Å². The Morgan fingerprint density at radius 3 is 1.89 bits per heavy atom. The van der Waals surface area contributed by atoms with Crippen LogP contribution < -0.4 is 9.47 Å². The van der Waals surface area contributed by atoms with Crippen molar-refractivity contribution in [1.82, 2.24) is 0 Å². The van der Waals surface area contributed by atoms with Crippen LogP contribution in [0.4, 0.5) is 0 Å². The molecule has 146 valence electrons. The van der Waals surface area contributed by atoms with Crippen LogP contribution in [0.25, 0.3) is 21.5 Å². The topological polar surface area (TPSA) is 71.1 Å². The molecule has 0 heterocycles. The lowest BCUT2D eigenvalue weighted by atomic mass is 9.95. The summed E-state index contributed by atoms with van der Waals surface area (Å²) < 4.78 is 21.2. The SMILES string of the molecule is COC(=O)COc1c2ccccc2c(OCC(=O)OC)c2c(C)cc(C)cc12. The minimum Gasteiger partial charge on any atom is -0.481 e. The fraction of sp³-hybridized carbons (Fsp3) is 0.273. The Kier molecular flexibility index (Phi) is 5.68. The van der Waals surface area contributed by atoms with Crippen LogP contribution in [0.5, 0.6) is 11.5 Å². The normalized spacial score (nSPS) is 10.7. The van der Waals surface area contributed by atoms with Gasteiger partial charge in [-0.1, -0.05) is 35.9 Å². The molecule has 0 spiro atoms. The van der Waals surface area contributed by atoms with Crippen LogP contribution >= 0.6 is 0 Å². The Hall–Kier alpha value is -3.28. The molecule has 0 saturated heterocycles. The summed E-state index contributed by atoms with van der Waals surface area (Å²) in [5.74, 6) is 0.229. The van der Waals surface area contributed by atoms with Gasteiger partial charge in [-0.2, -0.15) is 0 Å². The van der Waals surface area contributed by atoms with Crippen molar-refractivity contribution in [2.45, 2.75) is 13.8 Å². The minimum atomic E-state index is -0.465. The average Bonchev–Trinajstić information content (AvgIpc) is 2.69. The van der Waals surface area contributed by atoms with E-state index in [4.69, 9.17) is 18.9 Å². The largest absolute Gasteiger partial charge is 0.481 e. The third-order valence-corrected chi connectivity index (χ3v) is 4.49. The minimum absolute atomic E-state index is 0.203. The zero-order valence-electron chi connectivity index (χ0n) is 16.3. The predicted octanol–water partition coefficient (Wildman–Crippen LogP) is 3.71. The summed E-state index contributed by atoms with van der Waals surface area (Å²) >= 11 is 0. The van der Waals surface area contributed by atoms with Crippen molar-refractivity contribution >= 4 is 33.5 Å². The molecule has 28 heavy (non-hydrogen) atoms. The number of hydrogen-bond donors (Lipinski definition) is 0. The number of ether oxygens (including phenoxy) is 4. The summed E-state index contributed by atoms with van der Waals surface area (Å²) in [5, 5.41) is 3.20. The molecule has 6 heteroatoms. The van der Waals surface area contributed by atoms with Gasteiger partial charge in [0.05, 0.1) is 14.2 Å². The molecular formula is C22H22O6. The Bertz CT molecular complexity index is 1050. The predicted molar refractivity (Wildman–Crippen MR) is 106 cm³/mol. The van der Waals surface area contributed by atoms with Gasteiger partial charge in [-0.3, -0.25) is 0 Å². The Labute approximate surface area is 162 Å². The molecular weight excluding hydrogens is 360 g/mol. The van der Waals surface area contributed by atoms with E-state index >= 15 is 0 Å². The van der Waals surface area contributed by atoms with Crippen molar-refractivity contribution in [2.75, 3.05) is 27.4 Å². The number of carbonyl (C=O) groups is 2. The summed E-state index contributed by atoms with van der Waals surface area (Å²) in [5.41, 5.74) is 2.02. The van der Waals surface area contributed by atoms with Gasteiger partial charge in [-0.25, -0.2) is 9.59 Å². The Balaban J connectivity index is 2.29. The third-order valence-electron chi connectivity index (χ3n) is 4.49. The van der Waals surface area contributed by atoms with E-state index < -0.39 is 11.9 Å². The number of carbonyl (C=O) groups excluding carboxylic acids is 2. The molecule has 0 atom stereocenters. The van der Waals surface area contributed by atoms with E-state index in [0.29, 0.717) is 11.5 Å². The molecule has 0 saturated carbocycles. The van der Waals surface area contributed by atoms with E-state index in [2.05, 4.69) is 0 Å². The standard InChI is InChI=1S/C22H22O6/c1-13-9-14(2)20-17(10-13)21(27-11-18(23)25-3)15-7-5-6-8-16(15)22(20)28-12-19(24)26-4/h5-10H,11-12H2,1-4H3. The first-order valence-corrected chi connectivity index (χ1v) is 8.81. The van der Waals surface area contributed by atoms with Crippen LogP contribution in [0.15, 0.2) is 36.4 Å². The summed E-state index contributed by atoms with van der Waals surface area (Å²) in [4.78, 5) is 23.3. The van der Waals surface area contributed by atoms with E-state index in [-0.39, 0.29) is 13.2 Å². The molecule has 6 nitrogen and oxygen atoms in total. The Morgan fingerprint density at radius 2 is 1.32 bits per heavy atom. The maximum Gasteiger partial charge on any atom is 0.343 e. The molecule has 0 aliphatic heterocycles. The molecule has 3 aromatic rings. The molecule has 3 rings (SSSR count). The van der Waals surface area contributed by atoms with E-state index in [1.165, 1.54) is 14.2 Å². The molecule has 3 aromatic carbocycles. The zero-order valence-corrected chi connectivity index (χ0v) is 16.3. The third kappa shape index (κ3) is 3.71. The molecule has 0 fully saturated rings. The summed E-state index contributed by atoms with van der Waals surface area (Å²) in [6, 6.07) is 11.6. The van der Waals surface area contributed by atoms with Crippen LogP contribution in [-0.4, -0.2) is 39.4 Å². The highest BCUT2D eigenvalue weighted by atomic mass is 16.6. The van der Waals surface area contributed by atoms with Gasteiger partial charge < -0.3 is 18.9 Å². The number of fused-ring (bicyclic) bond motifs is 2. The number of rotatable bonds is 6. The quantitative estimate of drug-likeness (QED) is 0.478. The number of aryl methyl sites for hydroxylation is 2. The molecule has 0 aliphatic rings. The zero-order chi connectivity index (χ0) is 20.3. The lowest BCUT2D eigenvalue weighted by molar-refractivity contribution is -0.143. The van der Waals surface area contributed by atoms with Gasteiger partial charge in [0.25, 0.3) is 0 Å². The van der Waals surface area contributed by atoms with E-state index in [0.717, 1.165) is 32.7 Å². The summed E-state index contributed by atoms with van der Waals surface area (Å²) in [7, 11) is 2.64. The van der Waals surface area contributed by atoms with Gasteiger partial charge in [0.15, 0.2) is 13.2 Å². The van der Waals surface area contributed by atoms with Crippen LogP contribution in [0.3, 0.4) is 0 Å². The fourth-order valence-corrected chi connectivity index (χ4v) is 3.29. The average molecular weight is 382 g/mol. The van der Waals surface area contributed by atoms with Gasteiger partial charge in [0, 0.05) is 21.5 Å². The first kappa shape index (κ1) is 19.5. The molecule has 0 aliphatic carbocycles. The highest BCUT2D eigenvalue weighted by Gasteiger charge is 2.19. The Morgan fingerprint density at radius 1 is 0.786 bits per heavy atom. The van der Waals surface area contributed by atoms with E-state index in [1.807, 2.05) is 50.2 Å². The molecule has 0 aromatic heterocycles. The smallest absolute Gasteiger partial charge is 0.343 e. The van der Waals surface area contributed by atoms with Gasteiger partial charge in [0.2, 0.25) is 0 Å². The molecule has 0 amide bonds. The van der Waals surface area contributed by atoms with Gasteiger partial charge >= 0.3 is 11.9 Å². The fourth-order valence-electron chi connectivity index (χ4n) is 3.29. The van der Waals surface area contributed by atoms with Crippen molar-refractivity contribution in [1.29, 1.82) is 0 Å². The van der Waals surface area contributed by atoms with Crippen LogP contribution in [0.2, 0.25) is 0 Å². The lowest BCUT2D eigenvalue weighted by Gasteiger charge is -2.19. The maximum absolute atomic E-state index is 11.7. The molecule has 0 unspecified atom stereocenters. The van der Waals surface area contributed by atoms with Crippen LogP contribution in [0, 0.1) is 13.8 Å². The first-order chi connectivity index (χ1) is 13.5. The first-order valence-electron chi connectivity index (χ1n) is 8.81. The van der Waals surface area contributed by atoms with Crippen molar-refractivity contribution in [3.63, 3.8) is 0 Å². The molecule has 0 radical (unpaired) electrons. The monoisotopic (exact) mass is 382 g/mol. The maximum atomic E-state index is 11.7. The second-order valence-electron chi connectivity index (χ2n) is 6.44. The van der Waals surface area contributed by atoms with Crippen molar-refractivity contribution in [3.05, 3.63) is 47.5 Å². The van der Waals surface area contributed by atoms with E-state index in [9.17, 15) is 9.59 Å². The molecule has 0 N–H and O–H groups in total. The van der Waals surface area contributed by atoms with Crippen LogP contribution in [0.1, 0.15) is 11.1 Å². The van der Waals surface area contributed by atoms with E-state index in [1.54, 1.807) is 0 Å². The number of methoxy groups -OCH3 is 2. The number of esters is 2.